The second kappa shape index (κ2) is 17.1. The van der Waals surface area contributed by atoms with Crippen molar-refractivity contribution in [3.05, 3.63) is 261 Å². The van der Waals surface area contributed by atoms with Crippen molar-refractivity contribution in [2.24, 2.45) is 0 Å². The molecule has 358 valence electrons. The van der Waals surface area contributed by atoms with E-state index >= 15 is 0 Å². The third-order valence-corrected chi connectivity index (χ3v) is 15.5. The smallest absolute Gasteiger partial charge is 0.238 e. The van der Waals surface area contributed by atoms with Crippen LogP contribution in [0.2, 0.25) is 0 Å². The number of furan rings is 1. The zero-order valence-electron chi connectivity index (χ0n) is 41.5. The standard InChI is InChI=1S/C71H43N5O/c1-4-18-44(19-5-1)47-32-34-48(35-33-47)69-72-70(49-36-37-56-55-26-15-17-31-63(55)77-64(56)43-49)74-71(73-69)76-60-30-16-14-29-59(60)65-61(76)38-39-62-67(65)66-57-27-12-10-24-53(57)54-25-11-13-28-58(54)68(66)75(62)52-41-50(45-20-6-2-7-21-45)40-51(42-52)46-22-8-3-9-23-46/h1-43H. The number of hydrogen-bond donors (Lipinski definition) is 0. The van der Waals surface area contributed by atoms with Gasteiger partial charge in [0.1, 0.15) is 11.2 Å². The Balaban J connectivity index is 1.01. The Hall–Kier alpha value is -10.4. The zero-order valence-corrected chi connectivity index (χ0v) is 41.5. The fourth-order valence-electron chi connectivity index (χ4n) is 12.1. The maximum absolute atomic E-state index is 6.45. The van der Waals surface area contributed by atoms with Gasteiger partial charge in [0.05, 0.1) is 22.1 Å². The van der Waals surface area contributed by atoms with Crippen LogP contribution in [0.3, 0.4) is 0 Å². The first-order valence-electron chi connectivity index (χ1n) is 26.1. The van der Waals surface area contributed by atoms with E-state index in [1.807, 2.05) is 24.3 Å². The Bertz CT molecular complexity index is 4960. The highest BCUT2D eigenvalue weighted by Gasteiger charge is 2.26. The molecule has 0 fully saturated rings. The van der Waals surface area contributed by atoms with Crippen LogP contribution in [0.25, 0.3) is 155 Å². The normalized spacial score (nSPS) is 11.9. The monoisotopic (exact) mass is 981 g/mol. The van der Waals surface area contributed by atoms with Crippen LogP contribution in [0.1, 0.15) is 0 Å². The summed E-state index contributed by atoms with van der Waals surface area (Å²) in [7, 11) is 0. The highest BCUT2D eigenvalue weighted by molar-refractivity contribution is 6.38. The van der Waals surface area contributed by atoms with Crippen LogP contribution < -0.4 is 0 Å². The SMILES string of the molecule is c1ccc(-c2ccc(-c3nc(-c4ccc5c(c4)oc4ccccc45)nc(-n4c5ccccc5c5c6c7c8ccccc8c8ccccc8c7n(-c7cc(-c8ccccc8)cc(-c8ccccc8)c7)c6ccc54)n3)cc2)cc1. The zero-order chi connectivity index (χ0) is 50.6. The van der Waals surface area contributed by atoms with Crippen molar-refractivity contribution < 1.29 is 4.42 Å². The highest BCUT2D eigenvalue weighted by atomic mass is 16.3. The molecule has 77 heavy (non-hydrogen) atoms. The lowest BCUT2D eigenvalue weighted by Crippen LogP contribution is -2.06. The molecule has 16 rings (SSSR count). The second-order valence-electron chi connectivity index (χ2n) is 19.9. The average Bonchev–Trinajstić information content (AvgIpc) is 4.24. The van der Waals surface area contributed by atoms with Crippen molar-refractivity contribution >= 4 is 87.1 Å². The van der Waals surface area contributed by atoms with Crippen molar-refractivity contribution in [2.75, 3.05) is 0 Å². The molecule has 12 aromatic carbocycles. The van der Waals surface area contributed by atoms with Crippen LogP contribution in [0, 0.1) is 0 Å². The van der Waals surface area contributed by atoms with Crippen LogP contribution in [-0.4, -0.2) is 24.1 Å². The lowest BCUT2D eigenvalue weighted by atomic mass is 9.95. The summed E-state index contributed by atoms with van der Waals surface area (Å²) in [6.45, 7) is 0. The van der Waals surface area contributed by atoms with Crippen molar-refractivity contribution in [3.8, 4) is 67.8 Å². The molecule has 0 radical (unpaired) electrons. The molecule has 6 heteroatoms. The minimum atomic E-state index is 0.523. The predicted octanol–water partition coefficient (Wildman–Crippen LogP) is 18.6. The van der Waals surface area contributed by atoms with Gasteiger partial charge in [-0.2, -0.15) is 9.97 Å². The quantitative estimate of drug-likeness (QED) is 0.149. The number of benzene rings is 12. The van der Waals surface area contributed by atoms with Gasteiger partial charge >= 0.3 is 0 Å². The molecular weight excluding hydrogens is 939 g/mol. The summed E-state index contributed by atoms with van der Waals surface area (Å²) < 4.78 is 11.2. The number of para-hydroxylation sites is 2. The first-order chi connectivity index (χ1) is 38.2. The Labute approximate surface area is 442 Å². The molecule has 4 aromatic heterocycles. The molecule has 0 amide bonds. The minimum Gasteiger partial charge on any atom is -0.456 e. The topological polar surface area (TPSA) is 61.7 Å². The summed E-state index contributed by atoms with van der Waals surface area (Å²) in [5.41, 5.74) is 15.6. The third kappa shape index (κ3) is 6.79. The van der Waals surface area contributed by atoms with E-state index in [0.29, 0.717) is 17.6 Å². The van der Waals surface area contributed by atoms with Gasteiger partial charge in [-0.25, -0.2) is 4.98 Å². The van der Waals surface area contributed by atoms with Gasteiger partial charge in [0, 0.05) is 54.5 Å². The summed E-state index contributed by atoms with van der Waals surface area (Å²) in [6, 6.07) is 93.0. The summed E-state index contributed by atoms with van der Waals surface area (Å²) in [6.07, 6.45) is 0. The van der Waals surface area contributed by atoms with E-state index in [-0.39, 0.29) is 0 Å². The van der Waals surface area contributed by atoms with E-state index in [4.69, 9.17) is 19.4 Å². The van der Waals surface area contributed by atoms with E-state index in [2.05, 4.69) is 246 Å². The highest BCUT2D eigenvalue weighted by Crippen LogP contribution is 2.48. The summed E-state index contributed by atoms with van der Waals surface area (Å²) in [4.78, 5) is 16.2. The average molecular weight is 982 g/mol. The first-order valence-corrected chi connectivity index (χ1v) is 26.1. The van der Waals surface area contributed by atoms with E-state index in [1.54, 1.807) is 0 Å². The maximum Gasteiger partial charge on any atom is 0.238 e. The number of hydrogen-bond acceptors (Lipinski definition) is 4. The van der Waals surface area contributed by atoms with Gasteiger partial charge in [0.15, 0.2) is 11.6 Å². The molecule has 0 spiro atoms. The van der Waals surface area contributed by atoms with E-state index in [9.17, 15) is 0 Å². The van der Waals surface area contributed by atoms with Crippen LogP contribution >= 0.6 is 0 Å². The Morgan fingerprint density at radius 2 is 0.740 bits per heavy atom. The number of aromatic nitrogens is 5. The molecule has 0 N–H and O–H groups in total. The maximum atomic E-state index is 6.45. The molecule has 16 aromatic rings. The molecule has 0 aliphatic carbocycles. The lowest BCUT2D eigenvalue weighted by Gasteiger charge is -2.15. The lowest BCUT2D eigenvalue weighted by molar-refractivity contribution is 0.669. The fourth-order valence-corrected chi connectivity index (χ4v) is 12.1. The van der Waals surface area contributed by atoms with Crippen molar-refractivity contribution in [1.29, 1.82) is 0 Å². The van der Waals surface area contributed by atoms with E-state index in [0.717, 1.165) is 105 Å². The molecule has 0 atom stereocenters. The number of fused-ring (bicyclic) bond motifs is 15. The minimum absolute atomic E-state index is 0.523. The van der Waals surface area contributed by atoms with Crippen LogP contribution in [0.15, 0.2) is 265 Å². The van der Waals surface area contributed by atoms with E-state index in [1.165, 1.54) is 32.3 Å². The van der Waals surface area contributed by atoms with Crippen molar-refractivity contribution in [3.63, 3.8) is 0 Å². The van der Waals surface area contributed by atoms with Crippen molar-refractivity contribution in [2.45, 2.75) is 0 Å². The van der Waals surface area contributed by atoms with Crippen molar-refractivity contribution in [1.82, 2.24) is 24.1 Å². The van der Waals surface area contributed by atoms with E-state index < -0.39 is 0 Å². The van der Waals surface area contributed by atoms with Crippen LogP contribution in [0.4, 0.5) is 0 Å². The van der Waals surface area contributed by atoms with Gasteiger partial charge in [0.2, 0.25) is 5.95 Å². The molecule has 0 unspecified atom stereocenters. The Kier molecular flexibility index (Phi) is 9.53. The fraction of sp³-hybridized carbons (Fsp3) is 0. The molecule has 0 aliphatic heterocycles. The van der Waals surface area contributed by atoms with Gasteiger partial charge in [0.25, 0.3) is 0 Å². The van der Waals surface area contributed by atoms with Gasteiger partial charge in [-0.05, 0) is 104 Å². The molecule has 0 aliphatic rings. The Morgan fingerprint density at radius 1 is 0.260 bits per heavy atom. The summed E-state index contributed by atoms with van der Waals surface area (Å²) >= 11 is 0. The van der Waals surface area contributed by atoms with Gasteiger partial charge < -0.3 is 8.98 Å². The van der Waals surface area contributed by atoms with Gasteiger partial charge in [-0.1, -0.05) is 206 Å². The van der Waals surface area contributed by atoms with Crippen LogP contribution in [0.5, 0.6) is 0 Å². The van der Waals surface area contributed by atoms with Crippen LogP contribution in [-0.2, 0) is 0 Å². The second-order valence-corrected chi connectivity index (χ2v) is 19.9. The third-order valence-electron chi connectivity index (χ3n) is 15.5. The summed E-state index contributed by atoms with van der Waals surface area (Å²) in [5.74, 6) is 1.64. The first kappa shape index (κ1) is 43.0. The van der Waals surface area contributed by atoms with Gasteiger partial charge in [-0.3, -0.25) is 4.57 Å². The molecule has 6 nitrogen and oxygen atoms in total. The Morgan fingerprint density at radius 3 is 1.42 bits per heavy atom. The molecule has 0 saturated carbocycles. The molecule has 0 bridgehead atoms. The predicted molar refractivity (Wildman–Crippen MR) is 318 cm³/mol. The number of nitrogens with zero attached hydrogens (tertiary/aromatic N) is 5. The number of rotatable bonds is 7. The molecular formula is C71H43N5O. The summed E-state index contributed by atoms with van der Waals surface area (Å²) in [5, 5.41) is 11.5. The largest absolute Gasteiger partial charge is 0.456 e. The van der Waals surface area contributed by atoms with Gasteiger partial charge in [-0.15, -0.1) is 0 Å². The molecule has 4 heterocycles. The molecule has 0 saturated heterocycles.